The van der Waals surface area contributed by atoms with E-state index in [-0.39, 0.29) is 24.6 Å². The second kappa shape index (κ2) is 6.76. The maximum atomic E-state index is 12.5. The molecule has 0 unspecified atom stereocenters. The molecule has 2 fully saturated rings. The van der Waals surface area contributed by atoms with E-state index in [9.17, 15) is 14.7 Å². The monoisotopic (exact) mass is 337 g/mol. The molecular formula is C16H20ClN3O3. The van der Waals surface area contributed by atoms with Crippen molar-refractivity contribution in [3.63, 3.8) is 0 Å². The van der Waals surface area contributed by atoms with Gasteiger partial charge in [0.15, 0.2) is 0 Å². The highest BCUT2D eigenvalue weighted by Crippen LogP contribution is 2.23. The van der Waals surface area contributed by atoms with Gasteiger partial charge in [0.2, 0.25) is 5.91 Å². The van der Waals surface area contributed by atoms with Gasteiger partial charge in [-0.2, -0.15) is 0 Å². The van der Waals surface area contributed by atoms with Crippen LogP contribution in [0.15, 0.2) is 24.3 Å². The first-order chi connectivity index (χ1) is 11.0. The van der Waals surface area contributed by atoms with Gasteiger partial charge in [-0.25, -0.2) is 4.79 Å². The van der Waals surface area contributed by atoms with Gasteiger partial charge < -0.3 is 14.9 Å². The van der Waals surface area contributed by atoms with Gasteiger partial charge in [-0.1, -0.05) is 17.7 Å². The Morgan fingerprint density at radius 1 is 1.22 bits per heavy atom. The van der Waals surface area contributed by atoms with Gasteiger partial charge in [0.05, 0.1) is 6.10 Å². The van der Waals surface area contributed by atoms with E-state index in [4.69, 9.17) is 11.6 Å². The molecule has 2 heterocycles. The number of nitrogens with zero attached hydrogens (tertiary/aromatic N) is 3. The molecule has 3 amide bonds. The Hall–Kier alpha value is -1.79. The van der Waals surface area contributed by atoms with Crippen molar-refractivity contribution in [1.82, 2.24) is 9.80 Å². The average Bonchev–Trinajstić information content (AvgIpc) is 2.89. The summed E-state index contributed by atoms with van der Waals surface area (Å²) in [5.41, 5.74) is 0.749. The maximum Gasteiger partial charge on any atom is 0.325 e. The third kappa shape index (κ3) is 3.59. The van der Waals surface area contributed by atoms with E-state index in [1.165, 1.54) is 0 Å². The van der Waals surface area contributed by atoms with Crippen LogP contribution in [-0.4, -0.2) is 65.7 Å². The number of carbonyl (C=O) groups is 2. The van der Waals surface area contributed by atoms with Crippen molar-refractivity contribution in [3.8, 4) is 0 Å². The highest BCUT2D eigenvalue weighted by atomic mass is 35.5. The molecule has 0 radical (unpaired) electrons. The molecule has 2 aliphatic rings. The van der Waals surface area contributed by atoms with Crippen LogP contribution in [0.5, 0.6) is 0 Å². The standard InChI is InChI=1S/C16H20ClN3O3/c17-12-2-1-3-13(10-12)20-9-8-19(16(20)23)11-15(22)18-6-4-14(21)5-7-18/h1-3,10,14,21H,4-9,11H2. The molecule has 2 aliphatic heterocycles. The number of rotatable bonds is 3. The molecule has 1 N–H and O–H groups in total. The molecule has 0 aromatic heterocycles. The van der Waals surface area contributed by atoms with Crippen LogP contribution in [0, 0.1) is 0 Å². The van der Waals surface area contributed by atoms with Crippen molar-refractivity contribution < 1.29 is 14.7 Å². The minimum Gasteiger partial charge on any atom is -0.393 e. The van der Waals surface area contributed by atoms with Crippen molar-refractivity contribution >= 4 is 29.2 Å². The van der Waals surface area contributed by atoms with Crippen molar-refractivity contribution in [2.24, 2.45) is 0 Å². The van der Waals surface area contributed by atoms with Gasteiger partial charge in [-0.3, -0.25) is 9.69 Å². The third-order valence-electron chi connectivity index (χ3n) is 4.36. The molecule has 0 saturated carbocycles. The zero-order valence-corrected chi connectivity index (χ0v) is 13.6. The lowest BCUT2D eigenvalue weighted by molar-refractivity contribution is -0.133. The van der Waals surface area contributed by atoms with Crippen LogP contribution in [0.3, 0.4) is 0 Å². The quantitative estimate of drug-likeness (QED) is 0.910. The van der Waals surface area contributed by atoms with Gasteiger partial charge in [0, 0.05) is 36.9 Å². The molecule has 7 heteroatoms. The number of hydrogen-bond acceptors (Lipinski definition) is 3. The second-order valence-corrected chi connectivity index (χ2v) is 6.38. The van der Waals surface area contributed by atoms with Gasteiger partial charge in [-0.05, 0) is 31.0 Å². The molecule has 2 saturated heterocycles. The van der Waals surface area contributed by atoms with Crippen LogP contribution < -0.4 is 4.90 Å². The molecule has 1 aromatic rings. The third-order valence-corrected chi connectivity index (χ3v) is 4.59. The fourth-order valence-electron chi connectivity index (χ4n) is 2.99. The van der Waals surface area contributed by atoms with Crippen LogP contribution in [0.4, 0.5) is 10.5 Å². The van der Waals surface area contributed by atoms with Gasteiger partial charge in [-0.15, -0.1) is 0 Å². The van der Waals surface area contributed by atoms with E-state index in [1.54, 1.807) is 32.9 Å². The van der Waals surface area contributed by atoms with Crippen LogP contribution in [0.1, 0.15) is 12.8 Å². The summed E-state index contributed by atoms with van der Waals surface area (Å²) in [6, 6.07) is 6.98. The molecular weight excluding hydrogens is 318 g/mol. The number of benzene rings is 1. The molecule has 3 rings (SSSR count). The number of likely N-dealkylation sites (tertiary alicyclic amines) is 1. The number of halogens is 1. The molecule has 6 nitrogen and oxygen atoms in total. The summed E-state index contributed by atoms with van der Waals surface area (Å²) in [6.07, 6.45) is 0.897. The number of urea groups is 1. The summed E-state index contributed by atoms with van der Waals surface area (Å²) < 4.78 is 0. The summed E-state index contributed by atoms with van der Waals surface area (Å²) in [6.45, 7) is 2.27. The Bertz CT molecular complexity index is 602. The fourth-order valence-corrected chi connectivity index (χ4v) is 3.18. The van der Waals surface area contributed by atoms with Gasteiger partial charge in [0.25, 0.3) is 0 Å². The minimum absolute atomic E-state index is 0.0572. The molecule has 23 heavy (non-hydrogen) atoms. The Balaban J connectivity index is 1.60. The van der Waals surface area contributed by atoms with Crippen molar-refractivity contribution in [2.75, 3.05) is 37.6 Å². The highest BCUT2D eigenvalue weighted by molar-refractivity contribution is 6.30. The number of aliphatic hydroxyl groups excluding tert-OH is 1. The maximum absolute atomic E-state index is 12.5. The Labute approximate surface area is 140 Å². The Morgan fingerprint density at radius 3 is 2.65 bits per heavy atom. The SMILES string of the molecule is O=C(CN1CCN(c2cccc(Cl)c2)C1=O)N1CCC(O)CC1. The van der Waals surface area contributed by atoms with E-state index < -0.39 is 0 Å². The molecule has 0 atom stereocenters. The lowest BCUT2D eigenvalue weighted by Gasteiger charge is -2.30. The van der Waals surface area contributed by atoms with Crippen LogP contribution in [-0.2, 0) is 4.79 Å². The lowest BCUT2D eigenvalue weighted by atomic mass is 10.1. The van der Waals surface area contributed by atoms with Crippen LogP contribution in [0.25, 0.3) is 0 Å². The van der Waals surface area contributed by atoms with Crippen molar-refractivity contribution in [2.45, 2.75) is 18.9 Å². The molecule has 124 valence electrons. The lowest BCUT2D eigenvalue weighted by Crippen LogP contribution is -2.46. The van der Waals surface area contributed by atoms with E-state index in [2.05, 4.69) is 0 Å². The predicted octanol–water partition coefficient (Wildman–Crippen LogP) is 1.57. The summed E-state index contributed by atoms with van der Waals surface area (Å²) in [5.74, 6) is -0.0572. The smallest absolute Gasteiger partial charge is 0.325 e. The summed E-state index contributed by atoms with van der Waals surface area (Å²) in [4.78, 5) is 29.7. The van der Waals surface area contributed by atoms with Crippen LogP contribution in [0.2, 0.25) is 5.02 Å². The number of piperidine rings is 1. The first kappa shape index (κ1) is 16.1. The van der Waals surface area contributed by atoms with Crippen LogP contribution >= 0.6 is 11.6 Å². The predicted molar refractivity (Wildman–Crippen MR) is 87.6 cm³/mol. The van der Waals surface area contributed by atoms with E-state index >= 15 is 0 Å². The zero-order valence-electron chi connectivity index (χ0n) is 12.8. The fraction of sp³-hybridized carbons (Fsp3) is 0.500. The van der Waals surface area contributed by atoms with E-state index in [0.29, 0.717) is 44.0 Å². The summed E-state index contributed by atoms with van der Waals surface area (Å²) in [7, 11) is 0. The van der Waals surface area contributed by atoms with Gasteiger partial charge >= 0.3 is 6.03 Å². The number of amides is 3. The summed E-state index contributed by atoms with van der Waals surface area (Å²) in [5, 5.41) is 10.1. The number of aliphatic hydroxyl groups is 1. The number of carbonyl (C=O) groups excluding carboxylic acids is 2. The largest absolute Gasteiger partial charge is 0.393 e. The molecule has 0 bridgehead atoms. The van der Waals surface area contributed by atoms with E-state index in [1.807, 2.05) is 6.07 Å². The minimum atomic E-state index is -0.314. The normalized spacial score (nSPS) is 19.6. The van der Waals surface area contributed by atoms with E-state index in [0.717, 1.165) is 5.69 Å². The first-order valence-corrected chi connectivity index (χ1v) is 8.20. The zero-order chi connectivity index (χ0) is 16.4. The van der Waals surface area contributed by atoms with Gasteiger partial charge in [0.1, 0.15) is 6.54 Å². The molecule has 0 aliphatic carbocycles. The van der Waals surface area contributed by atoms with Crippen molar-refractivity contribution in [1.29, 1.82) is 0 Å². The number of anilines is 1. The first-order valence-electron chi connectivity index (χ1n) is 7.82. The topological polar surface area (TPSA) is 64.1 Å². The Kier molecular flexibility index (Phi) is 4.73. The number of hydrogen-bond donors (Lipinski definition) is 1. The molecule has 0 spiro atoms. The highest BCUT2D eigenvalue weighted by Gasteiger charge is 2.32. The summed E-state index contributed by atoms with van der Waals surface area (Å²) >= 11 is 5.97. The van der Waals surface area contributed by atoms with Crippen molar-refractivity contribution in [3.05, 3.63) is 29.3 Å². The average molecular weight is 338 g/mol. The second-order valence-electron chi connectivity index (χ2n) is 5.95. The molecule has 1 aromatic carbocycles. The Morgan fingerprint density at radius 2 is 1.96 bits per heavy atom.